The van der Waals surface area contributed by atoms with Crippen LogP contribution in [0.2, 0.25) is 0 Å². The van der Waals surface area contributed by atoms with Crippen LogP contribution in [0, 0.1) is 11.8 Å². The van der Waals surface area contributed by atoms with E-state index >= 15 is 0 Å². The van der Waals surface area contributed by atoms with Crippen molar-refractivity contribution in [1.82, 2.24) is 4.90 Å². The fraction of sp³-hybridized carbons (Fsp3) is 0.207. The number of imide groups is 1. The molecule has 0 unspecified atom stereocenters. The third kappa shape index (κ3) is 3.57. The van der Waals surface area contributed by atoms with Crippen LogP contribution in [0.1, 0.15) is 22.7 Å². The summed E-state index contributed by atoms with van der Waals surface area (Å²) in [6.07, 6.45) is -1.13. The van der Waals surface area contributed by atoms with Gasteiger partial charge in [0.15, 0.2) is 11.5 Å². The maximum absolute atomic E-state index is 14.0. The number of hydrogen-bond acceptors (Lipinski definition) is 6. The highest BCUT2D eigenvalue weighted by molar-refractivity contribution is 6.24. The molecule has 202 valence electrons. The molecule has 0 saturated carbocycles. The van der Waals surface area contributed by atoms with Crippen molar-refractivity contribution in [2.24, 2.45) is 11.8 Å². The first-order valence-corrected chi connectivity index (χ1v) is 12.5. The fourth-order valence-corrected chi connectivity index (χ4v) is 6.13. The van der Waals surface area contributed by atoms with Crippen molar-refractivity contribution in [3.05, 3.63) is 89.6 Å². The number of ether oxygens (including phenoxy) is 2. The van der Waals surface area contributed by atoms with Crippen LogP contribution in [0.25, 0.3) is 6.08 Å². The third-order valence-electron chi connectivity index (χ3n) is 7.80. The molecule has 0 aromatic heterocycles. The number of rotatable bonds is 3. The molecule has 0 spiro atoms. The number of halogens is 3. The maximum atomic E-state index is 14.0. The van der Waals surface area contributed by atoms with Gasteiger partial charge in [0.2, 0.25) is 24.5 Å². The summed E-state index contributed by atoms with van der Waals surface area (Å²) in [5, 5.41) is 2.56. The lowest BCUT2D eigenvalue weighted by Gasteiger charge is -2.35. The van der Waals surface area contributed by atoms with Crippen LogP contribution in [0.15, 0.2) is 72.9 Å². The van der Waals surface area contributed by atoms with Crippen LogP contribution in [0.3, 0.4) is 0 Å². The molecule has 0 bridgehead atoms. The fourth-order valence-electron chi connectivity index (χ4n) is 6.13. The number of anilines is 2. The van der Waals surface area contributed by atoms with E-state index < -0.39 is 53.4 Å². The molecule has 4 heterocycles. The largest absolute Gasteiger partial charge is 0.454 e. The van der Waals surface area contributed by atoms with Gasteiger partial charge in [-0.1, -0.05) is 30.3 Å². The number of amides is 3. The Labute approximate surface area is 225 Å². The summed E-state index contributed by atoms with van der Waals surface area (Å²) in [5.41, 5.74) is 0.939. The number of alkyl halides is 3. The molecular weight excluding hydrogens is 527 g/mol. The van der Waals surface area contributed by atoms with Crippen molar-refractivity contribution in [3.8, 4) is 11.5 Å². The van der Waals surface area contributed by atoms with Crippen LogP contribution in [0.5, 0.6) is 11.5 Å². The third-order valence-corrected chi connectivity index (χ3v) is 7.80. The highest BCUT2D eigenvalue weighted by Crippen LogP contribution is 2.53. The van der Waals surface area contributed by atoms with Gasteiger partial charge in [0.05, 0.1) is 29.1 Å². The van der Waals surface area contributed by atoms with E-state index in [0.29, 0.717) is 11.5 Å². The van der Waals surface area contributed by atoms with Crippen LogP contribution < -0.4 is 19.7 Å². The van der Waals surface area contributed by atoms with Crippen molar-refractivity contribution in [2.75, 3.05) is 17.0 Å². The van der Waals surface area contributed by atoms with E-state index in [0.717, 1.165) is 28.2 Å². The lowest BCUT2D eigenvalue weighted by molar-refractivity contribution is -0.137. The number of nitrogens with one attached hydrogen (secondary N) is 1. The molecule has 4 aliphatic heterocycles. The van der Waals surface area contributed by atoms with Gasteiger partial charge < -0.3 is 19.7 Å². The Bertz CT molecular complexity index is 1620. The zero-order chi connectivity index (χ0) is 27.8. The second-order valence-electron chi connectivity index (χ2n) is 9.95. The van der Waals surface area contributed by atoms with Gasteiger partial charge >= 0.3 is 6.18 Å². The highest BCUT2D eigenvalue weighted by Gasteiger charge is 2.64. The minimum atomic E-state index is -4.59. The van der Waals surface area contributed by atoms with E-state index in [1.807, 2.05) is 24.3 Å². The molecule has 0 aliphatic carbocycles. The SMILES string of the molecule is O=C(Nc1cccc(C(F)(F)F)c1)[C@@H]1[C@@H]2C(=O)N(c3ccc4c(c3)OCO4)C(=O)[C@@H]2[C@@H]2c3ccccc3C=CN12. The van der Waals surface area contributed by atoms with E-state index in [1.54, 1.807) is 35.4 Å². The number of nitrogens with zero attached hydrogens (tertiary/aromatic N) is 2. The first kappa shape index (κ1) is 24.3. The normalized spacial score (nSPS) is 24.2. The summed E-state index contributed by atoms with van der Waals surface area (Å²) in [6.45, 7) is 0.0177. The Hall–Kier alpha value is -4.80. The van der Waals surface area contributed by atoms with E-state index in [1.165, 1.54) is 12.1 Å². The van der Waals surface area contributed by atoms with Crippen molar-refractivity contribution in [2.45, 2.75) is 18.3 Å². The van der Waals surface area contributed by atoms with Crippen LogP contribution in [0.4, 0.5) is 24.5 Å². The molecule has 3 aromatic carbocycles. The van der Waals surface area contributed by atoms with Gasteiger partial charge in [-0.3, -0.25) is 14.4 Å². The smallest absolute Gasteiger partial charge is 0.416 e. The lowest BCUT2D eigenvalue weighted by Crippen LogP contribution is -2.46. The molecule has 3 aromatic rings. The number of benzene rings is 3. The number of carbonyl (C=O) groups excluding carboxylic acids is 3. The van der Waals surface area contributed by atoms with Gasteiger partial charge in [-0.15, -0.1) is 0 Å². The van der Waals surface area contributed by atoms with E-state index in [9.17, 15) is 27.6 Å². The number of hydrogen-bond donors (Lipinski definition) is 1. The molecular formula is C29H20F3N3O5. The molecule has 8 nitrogen and oxygen atoms in total. The molecule has 3 amide bonds. The Morgan fingerprint density at radius 1 is 0.900 bits per heavy atom. The number of fused-ring (bicyclic) bond motifs is 6. The molecule has 4 aliphatic rings. The summed E-state index contributed by atoms with van der Waals surface area (Å²) in [7, 11) is 0. The Kier molecular flexibility index (Phi) is 5.22. The Morgan fingerprint density at radius 3 is 2.50 bits per heavy atom. The topological polar surface area (TPSA) is 88.2 Å². The minimum Gasteiger partial charge on any atom is -0.454 e. The highest BCUT2D eigenvalue weighted by atomic mass is 19.4. The molecule has 40 heavy (non-hydrogen) atoms. The maximum Gasteiger partial charge on any atom is 0.416 e. The van der Waals surface area contributed by atoms with Crippen LogP contribution >= 0.6 is 0 Å². The average molecular weight is 547 g/mol. The van der Waals surface area contributed by atoms with E-state index in [2.05, 4.69) is 5.32 Å². The van der Waals surface area contributed by atoms with Crippen LogP contribution in [-0.4, -0.2) is 35.5 Å². The van der Waals surface area contributed by atoms with Gasteiger partial charge in [0.25, 0.3) is 0 Å². The van der Waals surface area contributed by atoms with Gasteiger partial charge in [-0.05, 0) is 47.5 Å². The van der Waals surface area contributed by atoms with Crippen molar-refractivity contribution < 1.29 is 37.0 Å². The predicted octanol–water partition coefficient (Wildman–Crippen LogP) is 4.59. The van der Waals surface area contributed by atoms with Gasteiger partial charge in [-0.2, -0.15) is 13.2 Å². The first-order valence-electron chi connectivity index (χ1n) is 12.5. The Morgan fingerprint density at radius 2 is 1.68 bits per heavy atom. The zero-order valence-electron chi connectivity index (χ0n) is 20.6. The summed E-state index contributed by atoms with van der Waals surface area (Å²) in [6, 6.07) is 14.6. The van der Waals surface area contributed by atoms with Gasteiger partial charge in [0, 0.05) is 18.0 Å². The Balaban J connectivity index is 1.29. The van der Waals surface area contributed by atoms with Crippen LogP contribution in [-0.2, 0) is 20.6 Å². The average Bonchev–Trinajstić information content (AvgIpc) is 3.61. The molecule has 2 fully saturated rings. The minimum absolute atomic E-state index is 0.0177. The van der Waals surface area contributed by atoms with Crippen molar-refractivity contribution in [1.29, 1.82) is 0 Å². The monoisotopic (exact) mass is 547 g/mol. The second kappa shape index (κ2) is 8.60. The summed E-state index contributed by atoms with van der Waals surface area (Å²) < 4.78 is 50.6. The van der Waals surface area contributed by atoms with Crippen molar-refractivity contribution >= 4 is 35.2 Å². The van der Waals surface area contributed by atoms with Gasteiger partial charge in [-0.25, -0.2) is 4.90 Å². The van der Waals surface area contributed by atoms with Crippen molar-refractivity contribution in [3.63, 3.8) is 0 Å². The quantitative estimate of drug-likeness (QED) is 0.483. The van der Waals surface area contributed by atoms with Gasteiger partial charge in [0.1, 0.15) is 6.04 Å². The molecule has 2 saturated heterocycles. The summed E-state index contributed by atoms with van der Waals surface area (Å²) >= 11 is 0. The van der Waals surface area contributed by atoms with E-state index in [4.69, 9.17) is 9.47 Å². The first-order chi connectivity index (χ1) is 19.2. The van der Waals surface area contributed by atoms with E-state index in [-0.39, 0.29) is 18.2 Å². The molecule has 0 radical (unpaired) electrons. The summed E-state index contributed by atoms with van der Waals surface area (Å²) in [4.78, 5) is 44.4. The second-order valence-corrected chi connectivity index (χ2v) is 9.95. The standard InChI is InChI=1S/C29H20F3N3O5/c30-29(31,32)16-5-3-6-17(12-16)33-26(36)25-23-22(24-19-7-2-1-4-15(19)10-11-34(24)25)27(37)35(28(23)38)18-8-9-20-21(13-18)40-14-39-20/h1-13,22-25H,14H2,(H,33,36)/t22-,23+,24-,25-/m0/s1. The molecule has 1 N–H and O–H groups in total. The molecule has 11 heteroatoms. The number of carbonyl (C=O) groups is 3. The predicted molar refractivity (Wildman–Crippen MR) is 136 cm³/mol. The zero-order valence-corrected chi connectivity index (χ0v) is 20.6. The summed E-state index contributed by atoms with van der Waals surface area (Å²) in [5.74, 6) is -2.83. The molecule has 7 rings (SSSR count). The molecule has 4 atom stereocenters. The lowest BCUT2D eigenvalue weighted by atomic mass is 9.84.